The molecule has 0 fully saturated rings. The number of thioether (sulfide) groups is 1. The van der Waals surface area contributed by atoms with Crippen LogP contribution in [0.3, 0.4) is 0 Å². The Morgan fingerprint density at radius 2 is 1.84 bits per heavy atom. The number of para-hydroxylation sites is 1. The molecular weight excluding hydrogens is 408 g/mol. The summed E-state index contributed by atoms with van der Waals surface area (Å²) in [6, 6.07) is 15.4. The van der Waals surface area contributed by atoms with Gasteiger partial charge in [-0.15, -0.1) is 0 Å². The lowest BCUT2D eigenvalue weighted by molar-refractivity contribution is 0.650. The molecule has 1 unspecified atom stereocenters. The zero-order chi connectivity index (χ0) is 22.0. The van der Waals surface area contributed by atoms with E-state index in [1.54, 1.807) is 16.8 Å². The van der Waals surface area contributed by atoms with Gasteiger partial charge in [-0.3, -0.25) is 14.7 Å². The highest BCUT2D eigenvalue weighted by Gasteiger charge is 2.23. The Morgan fingerprint density at radius 1 is 1.06 bits per heavy atom. The van der Waals surface area contributed by atoms with Crippen LogP contribution in [0.4, 0.5) is 5.95 Å². The van der Waals surface area contributed by atoms with Crippen molar-refractivity contribution in [3.63, 3.8) is 0 Å². The Bertz CT molecular complexity index is 1300. The van der Waals surface area contributed by atoms with Gasteiger partial charge in [-0.2, -0.15) is 0 Å². The van der Waals surface area contributed by atoms with E-state index in [9.17, 15) is 4.79 Å². The first-order chi connectivity index (χ1) is 15.0. The highest BCUT2D eigenvalue weighted by molar-refractivity contribution is 7.99. The van der Waals surface area contributed by atoms with Gasteiger partial charge in [0.05, 0.1) is 16.6 Å². The molecule has 0 aliphatic carbocycles. The molecular formula is C23H24N6OS. The van der Waals surface area contributed by atoms with Crippen LogP contribution in [0.2, 0.25) is 0 Å². The zero-order valence-electron chi connectivity index (χ0n) is 17.7. The molecule has 0 spiro atoms. The van der Waals surface area contributed by atoms with Gasteiger partial charge in [-0.25, -0.2) is 15.0 Å². The summed E-state index contributed by atoms with van der Waals surface area (Å²) in [7, 11) is 0. The lowest BCUT2D eigenvalue weighted by Crippen LogP contribution is -2.31. The second-order valence-electron chi connectivity index (χ2n) is 7.17. The van der Waals surface area contributed by atoms with Crippen molar-refractivity contribution in [1.29, 1.82) is 0 Å². The van der Waals surface area contributed by atoms with Crippen molar-refractivity contribution in [2.24, 2.45) is 0 Å². The molecule has 0 saturated carbocycles. The summed E-state index contributed by atoms with van der Waals surface area (Å²) in [5.74, 6) is 0.820. The maximum absolute atomic E-state index is 13.8. The summed E-state index contributed by atoms with van der Waals surface area (Å²) in [6.07, 6.45) is 1.62. The van der Waals surface area contributed by atoms with E-state index in [0.717, 1.165) is 16.8 Å². The van der Waals surface area contributed by atoms with Crippen LogP contribution in [-0.2, 0) is 0 Å². The van der Waals surface area contributed by atoms with E-state index in [-0.39, 0.29) is 16.9 Å². The smallest absolute Gasteiger partial charge is 0.266 e. The van der Waals surface area contributed by atoms with Crippen molar-refractivity contribution >= 4 is 28.6 Å². The van der Waals surface area contributed by atoms with Gasteiger partial charge in [0.15, 0.2) is 0 Å². The minimum absolute atomic E-state index is 0.0851. The molecule has 0 radical (unpaired) electrons. The van der Waals surface area contributed by atoms with Crippen LogP contribution in [-0.4, -0.2) is 26.1 Å². The zero-order valence-corrected chi connectivity index (χ0v) is 18.5. The summed E-state index contributed by atoms with van der Waals surface area (Å²) in [6.45, 7) is 6.64. The molecule has 2 aromatic carbocycles. The van der Waals surface area contributed by atoms with E-state index < -0.39 is 0 Å². The van der Waals surface area contributed by atoms with Crippen LogP contribution in [0.15, 0.2) is 64.5 Å². The second kappa shape index (κ2) is 8.87. The molecule has 7 nitrogen and oxygen atoms in total. The standard InChI is InChI=1S/C23H24N6OS/c1-4-25-21(31-18-12-13-26-23(24)28-18)20-27-16-10-7-9-15(3)19(16)22(30)29(20)17-11-6-5-8-14(17)2/h5-13,21,25H,4H2,1-3H3,(H2,24,26,28). The van der Waals surface area contributed by atoms with Gasteiger partial charge < -0.3 is 5.73 Å². The van der Waals surface area contributed by atoms with E-state index in [0.29, 0.717) is 28.3 Å². The number of nitrogens with zero attached hydrogens (tertiary/aromatic N) is 4. The van der Waals surface area contributed by atoms with E-state index in [1.807, 2.05) is 63.2 Å². The van der Waals surface area contributed by atoms with Crippen molar-refractivity contribution in [2.45, 2.75) is 31.2 Å². The third kappa shape index (κ3) is 4.17. The molecule has 0 aliphatic heterocycles. The number of benzene rings is 2. The van der Waals surface area contributed by atoms with Crippen molar-refractivity contribution in [3.05, 3.63) is 82.0 Å². The largest absolute Gasteiger partial charge is 0.368 e. The van der Waals surface area contributed by atoms with Gasteiger partial charge in [0.25, 0.3) is 5.56 Å². The van der Waals surface area contributed by atoms with Crippen molar-refractivity contribution < 1.29 is 0 Å². The predicted octanol–water partition coefficient (Wildman–Crippen LogP) is 3.78. The SMILES string of the molecule is CCNC(Sc1ccnc(N)n1)c1nc2cccc(C)c2c(=O)n1-c1ccccc1C. The summed E-state index contributed by atoms with van der Waals surface area (Å²) in [5, 5.41) is 4.45. The van der Waals surface area contributed by atoms with Gasteiger partial charge in [0.1, 0.15) is 16.2 Å². The Labute approximate surface area is 184 Å². The van der Waals surface area contributed by atoms with Crippen LogP contribution < -0.4 is 16.6 Å². The number of nitrogen functional groups attached to an aromatic ring is 1. The van der Waals surface area contributed by atoms with E-state index in [2.05, 4.69) is 15.3 Å². The van der Waals surface area contributed by atoms with Crippen LogP contribution >= 0.6 is 11.8 Å². The molecule has 31 heavy (non-hydrogen) atoms. The fourth-order valence-electron chi connectivity index (χ4n) is 3.55. The third-order valence-electron chi connectivity index (χ3n) is 5.00. The number of aromatic nitrogens is 4. The third-order valence-corrected chi connectivity index (χ3v) is 6.08. The molecule has 0 saturated heterocycles. The molecule has 0 aliphatic rings. The molecule has 8 heteroatoms. The molecule has 2 heterocycles. The predicted molar refractivity (Wildman–Crippen MR) is 126 cm³/mol. The number of nitrogens with one attached hydrogen (secondary N) is 1. The molecule has 0 amide bonds. The number of nitrogens with two attached hydrogens (primary N) is 1. The molecule has 158 valence electrons. The van der Waals surface area contributed by atoms with Crippen LogP contribution in [0.1, 0.15) is 29.2 Å². The van der Waals surface area contributed by atoms with E-state index in [1.165, 1.54) is 11.8 Å². The number of fused-ring (bicyclic) bond motifs is 1. The normalized spacial score (nSPS) is 12.2. The van der Waals surface area contributed by atoms with Crippen molar-refractivity contribution in [2.75, 3.05) is 12.3 Å². The number of hydrogen-bond donors (Lipinski definition) is 2. The fourth-order valence-corrected chi connectivity index (χ4v) is 4.59. The monoisotopic (exact) mass is 432 g/mol. The molecule has 3 N–H and O–H groups in total. The van der Waals surface area contributed by atoms with Crippen LogP contribution in [0.25, 0.3) is 16.6 Å². The first kappa shape index (κ1) is 21.0. The Hall–Kier alpha value is -3.23. The summed E-state index contributed by atoms with van der Waals surface area (Å²) in [4.78, 5) is 27.0. The Balaban J connectivity index is 1.99. The second-order valence-corrected chi connectivity index (χ2v) is 8.30. The minimum Gasteiger partial charge on any atom is -0.368 e. The van der Waals surface area contributed by atoms with Crippen molar-refractivity contribution in [3.8, 4) is 5.69 Å². The Kier molecular flexibility index (Phi) is 6.01. The molecule has 4 rings (SSSR count). The Morgan fingerprint density at radius 3 is 2.58 bits per heavy atom. The molecule has 1 atom stereocenters. The first-order valence-corrected chi connectivity index (χ1v) is 10.9. The summed E-state index contributed by atoms with van der Waals surface area (Å²) in [5.41, 5.74) is 9.07. The number of anilines is 1. The average Bonchev–Trinajstić information content (AvgIpc) is 2.74. The van der Waals surface area contributed by atoms with Gasteiger partial charge in [-0.1, -0.05) is 49.0 Å². The molecule has 0 bridgehead atoms. The van der Waals surface area contributed by atoms with Gasteiger partial charge in [0, 0.05) is 6.20 Å². The maximum Gasteiger partial charge on any atom is 0.266 e. The van der Waals surface area contributed by atoms with Crippen LogP contribution in [0.5, 0.6) is 0 Å². The number of aryl methyl sites for hydroxylation is 2. The van der Waals surface area contributed by atoms with Crippen LogP contribution in [0, 0.1) is 13.8 Å². The number of rotatable bonds is 6. The van der Waals surface area contributed by atoms with E-state index in [4.69, 9.17) is 10.7 Å². The maximum atomic E-state index is 13.8. The summed E-state index contributed by atoms with van der Waals surface area (Å²) >= 11 is 1.45. The van der Waals surface area contributed by atoms with Gasteiger partial charge in [0.2, 0.25) is 5.95 Å². The van der Waals surface area contributed by atoms with Gasteiger partial charge in [-0.05, 0) is 49.7 Å². The molecule has 2 aromatic heterocycles. The number of hydrogen-bond acceptors (Lipinski definition) is 7. The lowest BCUT2D eigenvalue weighted by Gasteiger charge is -2.22. The average molecular weight is 433 g/mol. The highest BCUT2D eigenvalue weighted by Crippen LogP contribution is 2.33. The summed E-state index contributed by atoms with van der Waals surface area (Å²) < 4.78 is 1.72. The quantitative estimate of drug-likeness (QED) is 0.272. The van der Waals surface area contributed by atoms with E-state index >= 15 is 0 Å². The highest BCUT2D eigenvalue weighted by atomic mass is 32.2. The lowest BCUT2D eigenvalue weighted by atomic mass is 10.1. The fraction of sp³-hybridized carbons (Fsp3) is 0.217. The topological polar surface area (TPSA) is 98.7 Å². The van der Waals surface area contributed by atoms with Gasteiger partial charge >= 0.3 is 0 Å². The minimum atomic E-state index is -0.323. The first-order valence-electron chi connectivity index (χ1n) is 10.1. The molecule has 4 aromatic rings. The van der Waals surface area contributed by atoms with Crippen molar-refractivity contribution in [1.82, 2.24) is 24.8 Å².